The van der Waals surface area contributed by atoms with Crippen LogP contribution in [0.1, 0.15) is 23.7 Å². The van der Waals surface area contributed by atoms with E-state index < -0.39 is 11.9 Å². The van der Waals surface area contributed by atoms with Gasteiger partial charge < -0.3 is 14.6 Å². The van der Waals surface area contributed by atoms with E-state index in [0.717, 1.165) is 0 Å². The van der Waals surface area contributed by atoms with Gasteiger partial charge in [-0.2, -0.15) is 0 Å². The molecule has 17 heavy (non-hydrogen) atoms. The quantitative estimate of drug-likeness (QED) is 0.805. The molecule has 0 aliphatic carbocycles. The molecule has 1 unspecified atom stereocenters. The number of ketones is 1. The maximum absolute atomic E-state index is 11.9. The number of carboxylic acid groups (broad SMARTS) is 1. The van der Waals surface area contributed by atoms with Crippen LogP contribution in [0.2, 0.25) is 0 Å². The summed E-state index contributed by atoms with van der Waals surface area (Å²) in [6.07, 6.45) is -0.173. The summed E-state index contributed by atoms with van der Waals surface area (Å²) in [4.78, 5) is 22.5. The molecule has 0 amide bonds. The van der Waals surface area contributed by atoms with Crippen LogP contribution in [-0.4, -0.2) is 23.7 Å². The maximum Gasteiger partial charge on any atom is 0.304 e. The zero-order valence-corrected chi connectivity index (χ0v) is 9.30. The standard InChI is InChI=1S/C12H12O5/c1-7(4-11(13)14)12(15)8-2-3-9-10(5-8)17-6-16-9/h2-3,5,7H,4,6H2,1H3,(H,13,14). The predicted octanol–water partition coefficient (Wildman–Crippen LogP) is 1.71. The highest BCUT2D eigenvalue weighted by atomic mass is 16.7. The number of rotatable bonds is 4. The molecule has 5 nitrogen and oxygen atoms in total. The molecule has 5 heteroatoms. The van der Waals surface area contributed by atoms with Crippen LogP contribution in [0.4, 0.5) is 0 Å². The Labute approximate surface area is 98.0 Å². The average Bonchev–Trinajstić information content (AvgIpc) is 2.73. The minimum Gasteiger partial charge on any atom is -0.481 e. The summed E-state index contributed by atoms with van der Waals surface area (Å²) >= 11 is 0. The van der Waals surface area contributed by atoms with E-state index in [1.807, 2.05) is 0 Å². The molecule has 1 atom stereocenters. The molecule has 0 fully saturated rings. The molecule has 1 aromatic rings. The van der Waals surface area contributed by atoms with Crippen LogP contribution in [0.3, 0.4) is 0 Å². The van der Waals surface area contributed by atoms with E-state index in [2.05, 4.69) is 0 Å². The third kappa shape index (κ3) is 2.38. The lowest BCUT2D eigenvalue weighted by Gasteiger charge is -2.08. The van der Waals surface area contributed by atoms with E-state index in [9.17, 15) is 9.59 Å². The van der Waals surface area contributed by atoms with Crippen LogP contribution in [0.5, 0.6) is 11.5 Å². The zero-order valence-electron chi connectivity index (χ0n) is 9.30. The second kappa shape index (κ2) is 4.45. The second-order valence-electron chi connectivity index (χ2n) is 3.93. The fourth-order valence-electron chi connectivity index (χ4n) is 1.69. The van der Waals surface area contributed by atoms with Crippen molar-refractivity contribution in [1.82, 2.24) is 0 Å². The van der Waals surface area contributed by atoms with Gasteiger partial charge in [0.05, 0.1) is 6.42 Å². The summed E-state index contributed by atoms with van der Waals surface area (Å²) in [5.74, 6) is -0.601. The van der Waals surface area contributed by atoms with E-state index in [1.54, 1.807) is 25.1 Å². The molecule has 0 bridgehead atoms. The van der Waals surface area contributed by atoms with Gasteiger partial charge in [-0.3, -0.25) is 9.59 Å². The summed E-state index contributed by atoms with van der Waals surface area (Å²) in [5.41, 5.74) is 0.447. The van der Waals surface area contributed by atoms with Gasteiger partial charge in [-0.15, -0.1) is 0 Å². The SMILES string of the molecule is CC(CC(=O)O)C(=O)c1ccc2c(c1)OCO2. The maximum atomic E-state index is 11.9. The molecule has 0 radical (unpaired) electrons. The van der Waals surface area contributed by atoms with Gasteiger partial charge in [0.15, 0.2) is 17.3 Å². The minimum absolute atomic E-state index is 0.150. The van der Waals surface area contributed by atoms with Crippen molar-refractivity contribution in [3.8, 4) is 11.5 Å². The highest BCUT2D eigenvalue weighted by Crippen LogP contribution is 2.33. The van der Waals surface area contributed by atoms with Gasteiger partial charge in [0.2, 0.25) is 6.79 Å². The number of carboxylic acids is 1. The molecule has 0 saturated heterocycles. The Morgan fingerprint density at radius 1 is 1.35 bits per heavy atom. The van der Waals surface area contributed by atoms with E-state index in [1.165, 1.54) is 0 Å². The van der Waals surface area contributed by atoms with Crippen LogP contribution in [-0.2, 0) is 4.79 Å². The molecule has 0 spiro atoms. The van der Waals surface area contributed by atoms with Crippen molar-refractivity contribution in [2.75, 3.05) is 6.79 Å². The molecule has 90 valence electrons. The van der Waals surface area contributed by atoms with E-state index in [-0.39, 0.29) is 19.0 Å². The Hall–Kier alpha value is -2.04. The van der Waals surface area contributed by atoms with Gasteiger partial charge >= 0.3 is 5.97 Å². The summed E-state index contributed by atoms with van der Waals surface area (Å²) in [6, 6.07) is 4.86. The predicted molar refractivity (Wildman–Crippen MR) is 58.3 cm³/mol. The Morgan fingerprint density at radius 3 is 2.76 bits per heavy atom. The number of benzene rings is 1. The van der Waals surface area contributed by atoms with Crippen LogP contribution >= 0.6 is 0 Å². The van der Waals surface area contributed by atoms with Crippen LogP contribution in [0, 0.1) is 5.92 Å². The van der Waals surface area contributed by atoms with Crippen LogP contribution in [0.15, 0.2) is 18.2 Å². The molecule has 0 aromatic heterocycles. The zero-order chi connectivity index (χ0) is 12.4. The highest BCUT2D eigenvalue weighted by molar-refractivity contribution is 5.99. The lowest BCUT2D eigenvalue weighted by atomic mass is 9.96. The summed E-state index contributed by atoms with van der Waals surface area (Å²) in [6.45, 7) is 1.75. The number of carbonyl (C=O) groups is 2. The Morgan fingerprint density at radius 2 is 2.06 bits per heavy atom. The Kier molecular flexibility index (Phi) is 2.99. The molecular weight excluding hydrogens is 224 g/mol. The van der Waals surface area contributed by atoms with Gasteiger partial charge in [-0.05, 0) is 18.2 Å². The summed E-state index contributed by atoms with van der Waals surface area (Å²) in [5, 5.41) is 8.64. The van der Waals surface area contributed by atoms with Gasteiger partial charge in [-0.25, -0.2) is 0 Å². The van der Waals surface area contributed by atoms with Crippen LogP contribution < -0.4 is 9.47 Å². The molecule has 1 heterocycles. The summed E-state index contributed by atoms with van der Waals surface area (Å²) in [7, 11) is 0. The Bertz CT molecular complexity index is 466. The summed E-state index contributed by atoms with van der Waals surface area (Å²) < 4.78 is 10.3. The molecule has 1 aromatic carbocycles. The lowest BCUT2D eigenvalue weighted by Crippen LogP contribution is -2.15. The third-order valence-corrected chi connectivity index (χ3v) is 2.59. The fraction of sp³-hybridized carbons (Fsp3) is 0.333. The molecule has 0 saturated carbocycles. The lowest BCUT2D eigenvalue weighted by molar-refractivity contribution is -0.137. The smallest absolute Gasteiger partial charge is 0.304 e. The molecular formula is C12H12O5. The van der Waals surface area contributed by atoms with Crippen LogP contribution in [0.25, 0.3) is 0 Å². The van der Waals surface area contributed by atoms with Crippen molar-refractivity contribution in [2.24, 2.45) is 5.92 Å². The van der Waals surface area contributed by atoms with E-state index >= 15 is 0 Å². The number of fused-ring (bicyclic) bond motifs is 1. The van der Waals surface area contributed by atoms with Gasteiger partial charge in [0, 0.05) is 11.5 Å². The van der Waals surface area contributed by atoms with Crippen molar-refractivity contribution in [3.63, 3.8) is 0 Å². The first-order chi connectivity index (χ1) is 8.08. The number of hydrogen-bond donors (Lipinski definition) is 1. The molecule has 1 aliphatic heterocycles. The molecule has 1 aliphatic rings. The largest absolute Gasteiger partial charge is 0.481 e. The molecule has 1 N–H and O–H groups in total. The van der Waals surface area contributed by atoms with Gasteiger partial charge in [0.1, 0.15) is 0 Å². The van der Waals surface area contributed by atoms with E-state index in [0.29, 0.717) is 17.1 Å². The van der Waals surface area contributed by atoms with Gasteiger partial charge in [-0.1, -0.05) is 6.92 Å². The first-order valence-corrected chi connectivity index (χ1v) is 5.23. The second-order valence-corrected chi connectivity index (χ2v) is 3.93. The average molecular weight is 236 g/mol. The van der Waals surface area contributed by atoms with Crippen molar-refractivity contribution in [2.45, 2.75) is 13.3 Å². The topological polar surface area (TPSA) is 72.8 Å². The first kappa shape index (κ1) is 11.4. The van der Waals surface area contributed by atoms with E-state index in [4.69, 9.17) is 14.6 Å². The number of aliphatic carboxylic acids is 1. The highest BCUT2D eigenvalue weighted by Gasteiger charge is 2.21. The minimum atomic E-state index is -0.980. The number of hydrogen-bond acceptors (Lipinski definition) is 4. The first-order valence-electron chi connectivity index (χ1n) is 5.23. The number of ether oxygens (including phenoxy) is 2. The molecule has 2 rings (SSSR count). The number of Topliss-reactive ketones (excluding diaryl/α,β-unsaturated/α-hetero) is 1. The van der Waals surface area contributed by atoms with Crippen molar-refractivity contribution >= 4 is 11.8 Å². The van der Waals surface area contributed by atoms with Crippen molar-refractivity contribution in [3.05, 3.63) is 23.8 Å². The monoisotopic (exact) mass is 236 g/mol. The number of carbonyl (C=O) groups excluding carboxylic acids is 1. The Balaban J connectivity index is 2.17. The van der Waals surface area contributed by atoms with Crippen molar-refractivity contribution in [1.29, 1.82) is 0 Å². The van der Waals surface area contributed by atoms with Crippen molar-refractivity contribution < 1.29 is 24.2 Å². The fourth-order valence-corrected chi connectivity index (χ4v) is 1.69. The normalized spacial score (nSPS) is 14.4. The van der Waals surface area contributed by atoms with Gasteiger partial charge in [0.25, 0.3) is 0 Å². The third-order valence-electron chi connectivity index (χ3n) is 2.59.